The van der Waals surface area contributed by atoms with Gasteiger partial charge in [-0.2, -0.15) is 11.8 Å². The summed E-state index contributed by atoms with van der Waals surface area (Å²) in [7, 11) is 0. The summed E-state index contributed by atoms with van der Waals surface area (Å²) in [4.78, 5) is 0. The van der Waals surface area contributed by atoms with E-state index in [-0.39, 0.29) is 11.3 Å². The van der Waals surface area contributed by atoms with Crippen LogP contribution in [0.25, 0.3) is 0 Å². The van der Waals surface area contributed by atoms with Crippen molar-refractivity contribution in [3.8, 4) is 5.75 Å². The largest absolute Gasteiger partial charge is 0.487 e. The zero-order chi connectivity index (χ0) is 14.5. The highest BCUT2D eigenvalue weighted by Gasteiger charge is 2.14. The molecule has 0 amide bonds. The highest BCUT2D eigenvalue weighted by molar-refractivity contribution is 7.98. The maximum absolute atomic E-state index is 13.8. The Morgan fingerprint density at radius 1 is 1.21 bits per heavy atom. The van der Waals surface area contributed by atoms with Crippen LogP contribution in [0, 0.1) is 11.6 Å². The van der Waals surface area contributed by atoms with Crippen molar-refractivity contribution in [2.24, 2.45) is 0 Å². The summed E-state index contributed by atoms with van der Waals surface area (Å²) in [6.45, 7) is 6.72. The van der Waals surface area contributed by atoms with E-state index in [9.17, 15) is 8.78 Å². The van der Waals surface area contributed by atoms with Crippen LogP contribution >= 0.6 is 11.8 Å². The van der Waals surface area contributed by atoms with E-state index < -0.39 is 11.6 Å². The molecule has 0 aromatic heterocycles. The van der Waals surface area contributed by atoms with Gasteiger partial charge in [0.2, 0.25) is 0 Å². The van der Waals surface area contributed by atoms with Gasteiger partial charge in [-0.05, 0) is 44.7 Å². The van der Waals surface area contributed by atoms with E-state index in [0.29, 0.717) is 24.5 Å². The van der Waals surface area contributed by atoms with Crippen molar-refractivity contribution in [3.05, 3.63) is 29.3 Å². The van der Waals surface area contributed by atoms with Gasteiger partial charge < -0.3 is 10.1 Å². The molecule has 0 saturated heterocycles. The first-order valence-electron chi connectivity index (χ1n) is 6.18. The molecule has 19 heavy (non-hydrogen) atoms. The summed E-state index contributed by atoms with van der Waals surface area (Å²) in [6.07, 6.45) is 1.91. The normalized spacial score (nSPS) is 11.7. The van der Waals surface area contributed by atoms with E-state index in [1.165, 1.54) is 12.1 Å². The topological polar surface area (TPSA) is 21.3 Å². The molecule has 0 spiro atoms. The van der Waals surface area contributed by atoms with Gasteiger partial charge in [-0.3, -0.25) is 0 Å². The van der Waals surface area contributed by atoms with Gasteiger partial charge in [0, 0.05) is 17.8 Å². The molecular formula is C14H21F2NOS. The second-order valence-corrected chi connectivity index (χ2v) is 6.32. The Morgan fingerprint density at radius 2 is 1.79 bits per heavy atom. The van der Waals surface area contributed by atoms with Crippen molar-refractivity contribution in [3.63, 3.8) is 0 Å². The maximum atomic E-state index is 13.8. The van der Waals surface area contributed by atoms with Gasteiger partial charge in [0.05, 0.1) is 6.61 Å². The lowest BCUT2D eigenvalue weighted by Gasteiger charge is -2.20. The van der Waals surface area contributed by atoms with E-state index >= 15 is 0 Å². The number of halogens is 2. The number of benzene rings is 1. The molecule has 0 bridgehead atoms. The summed E-state index contributed by atoms with van der Waals surface area (Å²) in [5, 5.41) is 3.19. The Balaban J connectivity index is 2.73. The molecule has 108 valence electrons. The van der Waals surface area contributed by atoms with Gasteiger partial charge in [0.15, 0.2) is 17.4 Å². The Morgan fingerprint density at radius 3 is 2.26 bits per heavy atom. The minimum atomic E-state index is -0.646. The molecule has 0 aliphatic carbocycles. The van der Waals surface area contributed by atoms with Crippen LogP contribution in [0.15, 0.2) is 12.1 Å². The highest BCUT2D eigenvalue weighted by Crippen LogP contribution is 2.23. The summed E-state index contributed by atoms with van der Waals surface area (Å²) < 4.78 is 32.6. The molecule has 0 saturated carbocycles. The third kappa shape index (κ3) is 5.78. The second-order valence-electron chi connectivity index (χ2n) is 5.33. The molecular weight excluding hydrogens is 268 g/mol. The lowest BCUT2D eigenvalue weighted by atomic mass is 10.1. The SMILES string of the molecule is CSCCOc1c(F)cc(CNC(C)(C)C)cc1F. The van der Waals surface area contributed by atoms with E-state index in [1.807, 2.05) is 27.0 Å². The second kappa shape index (κ2) is 7.10. The predicted octanol–water partition coefficient (Wildman–Crippen LogP) is 3.59. The van der Waals surface area contributed by atoms with Crippen molar-refractivity contribution in [2.75, 3.05) is 18.6 Å². The first-order chi connectivity index (χ1) is 8.83. The van der Waals surface area contributed by atoms with Crippen LogP contribution in [0.3, 0.4) is 0 Å². The fourth-order valence-electron chi connectivity index (χ4n) is 1.45. The first kappa shape index (κ1) is 16.2. The smallest absolute Gasteiger partial charge is 0.190 e. The van der Waals surface area contributed by atoms with Gasteiger partial charge in [0.1, 0.15) is 0 Å². The molecule has 0 atom stereocenters. The lowest BCUT2D eigenvalue weighted by molar-refractivity contribution is 0.305. The van der Waals surface area contributed by atoms with E-state index in [1.54, 1.807) is 11.8 Å². The average molecular weight is 289 g/mol. The lowest BCUT2D eigenvalue weighted by Crippen LogP contribution is -2.35. The molecule has 1 N–H and O–H groups in total. The summed E-state index contributed by atoms with van der Waals surface area (Å²) in [5.74, 6) is -0.876. The van der Waals surface area contributed by atoms with Crippen molar-refractivity contribution in [1.29, 1.82) is 0 Å². The van der Waals surface area contributed by atoms with Gasteiger partial charge in [-0.1, -0.05) is 0 Å². The molecule has 1 aromatic carbocycles. The number of thioether (sulfide) groups is 1. The monoisotopic (exact) mass is 289 g/mol. The number of hydrogen-bond donors (Lipinski definition) is 1. The summed E-state index contributed by atoms with van der Waals surface area (Å²) >= 11 is 1.57. The molecule has 0 radical (unpaired) electrons. The minimum absolute atomic E-state index is 0.0968. The molecule has 0 aliphatic heterocycles. The molecule has 0 aliphatic rings. The molecule has 1 aromatic rings. The van der Waals surface area contributed by atoms with Gasteiger partial charge >= 0.3 is 0 Å². The number of hydrogen-bond acceptors (Lipinski definition) is 3. The predicted molar refractivity (Wildman–Crippen MR) is 76.8 cm³/mol. The van der Waals surface area contributed by atoms with Crippen molar-refractivity contribution < 1.29 is 13.5 Å². The number of ether oxygens (including phenoxy) is 1. The zero-order valence-electron chi connectivity index (χ0n) is 11.8. The highest BCUT2D eigenvalue weighted by atomic mass is 32.2. The third-order valence-corrected chi connectivity index (χ3v) is 2.99. The van der Waals surface area contributed by atoms with Gasteiger partial charge in [0.25, 0.3) is 0 Å². The standard InChI is InChI=1S/C14H21F2NOS/c1-14(2,3)17-9-10-7-11(15)13(12(16)8-10)18-5-6-19-4/h7-8,17H,5-6,9H2,1-4H3. The number of rotatable bonds is 6. The van der Waals surface area contributed by atoms with Crippen LogP contribution in [0.4, 0.5) is 8.78 Å². The molecule has 2 nitrogen and oxygen atoms in total. The van der Waals surface area contributed by atoms with Crippen LogP contribution in [-0.2, 0) is 6.54 Å². The van der Waals surface area contributed by atoms with E-state index in [2.05, 4.69) is 5.32 Å². The quantitative estimate of drug-likeness (QED) is 0.809. The van der Waals surface area contributed by atoms with Crippen LogP contribution in [-0.4, -0.2) is 24.2 Å². The van der Waals surface area contributed by atoms with E-state index in [0.717, 1.165) is 0 Å². The van der Waals surface area contributed by atoms with Crippen molar-refractivity contribution in [2.45, 2.75) is 32.9 Å². The minimum Gasteiger partial charge on any atom is -0.487 e. The molecule has 5 heteroatoms. The van der Waals surface area contributed by atoms with Crippen LogP contribution < -0.4 is 10.1 Å². The van der Waals surface area contributed by atoms with Crippen LogP contribution in [0.2, 0.25) is 0 Å². The summed E-state index contributed by atoms with van der Waals surface area (Å²) in [6, 6.07) is 2.63. The summed E-state index contributed by atoms with van der Waals surface area (Å²) in [5.41, 5.74) is 0.475. The van der Waals surface area contributed by atoms with E-state index in [4.69, 9.17) is 4.74 Å². The Labute approximate surface area is 117 Å². The van der Waals surface area contributed by atoms with Crippen LogP contribution in [0.1, 0.15) is 26.3 Å². The van der Waals surface area contributed by atoms with Crippen LogP contribution in [0.5, 0.6) is 5.75 Å². The fourth-order valence-corrected chi connectivity index (χ4v) is 1.70. The first-order valence-corrected chi connectivity index (χ1v) is 7.57. The molecule has 1 rings (SSSR count). The van der Waals surface area contributed by atoms with Gasteiger partial charge in [-0.25, -0.2) is 8.78 Å². The Bertz CT molecular complexity index is 395. The Kier molecular flexibility index (Phi) is 6.07. The fraction of sp³-hybridized carbons (Fsp3) is 0.571. The number of nitrogens with one attached hydrogen (secondary N) is 1. The Hall–Kier alpha value is -0.810. The third-order valence-electron chi connectivity index (χ3n) is 2.41. The zero-order valence-corrected chi connectivity index (χ0v) is 12.7. The average Bonchev–Trinajstić information content (AvgIpc) is 2.29. The van der Waals surface area contributed by atoms with Gasteiger partial charge in [-0.15, -0.1) is 0 Å². The maximum Gasteiger partial charge on any atom is 0.190 e. The molecule has 0 fully saturated rings. The van der Waals surface area contributed by atoms with Crippen molar-refractivity contribution >= 4 is 11.8 Å². The molecule has 0 heterocycles. The van der Waals surface area contributed by atoms with Crippen molar-refractivity contribution in [1.82, 2.24) is 5.32 Å². The molecule has 0 unspecified atom stereocenters.